The zero-order valence-corrected chi connectivity index (χ0v) is 15.4. The second-order valence-electron chi connectivity index (χ2n) is 6.52. The van der Waals surface area contributed by atoms with Crippen LogP contribution in [0.3, 0.4) is 0 Å². The lowest BCUT2D eigenvalue weighted by Gasteiger charge is -2.31. The molecule has 3 unspecified atom stereocenters. The molecule has 1 aliphatic carbocycles. The van der Waals surface area contributed by atoms with E-state index < -0.39 is 28.3 Å². The van der Waals surface area contributed by atoms with Crippen LogP contribution in [0.4, 0.5) is 13.2 Å². The van der Waals surface area contributed by atoms with Gasteiger partial charge >= 0.3 is 12.1 Å². The highest BCUT2D eigenvalue weighted by Gasteiger charge is 2.41. The van der Waals surface area contributed by atoms with Gasteiger partial charge in [-0.2, -0.15) is 18.3 Å². The van der Waals surface area contributed by atoms with Crippen molar-refractivity contribution in [1.29, 1.82) is 0 Å². The Hall–Kier alpha value is -1.87. The average Bonchev–Trinajstić information content (AvgIpc) is 3.11. The SMILES string of the molecule is CC1CC(C)(Cl)C=CC1c1csc(-n2ncc(C(=O)O)c2C(F)(F)F)n1. The van der Waals surface area contributed by atoms with Crippen molar-refractivity contribution in [2.45, 2.75) is 37.2 Å². The summed E-state index contributed by atoms with van der Waals surface area (Å²) in [4.78, 5) is 14.9. The lowest BCUT2D eigenvalue weighted by atomic mass is 9.79. The van der Waals surface area contributed by atoms with Crippen molar-refractivity contribution in [2.24, 2.45) is 5.92 Å². The van der Waals surface area contributed by atoms with Crippen molar-refractivity contribution in [2.75, 3.05) is 0 Å². The maximum absolute atomic E-state index is 13.3. The number of nitrogens with zero attached hydrogens (tertiary/aromatic N) is 3. The first-order valence-corrected chi connectivity index (χ1v) is 8.98. The molecule has 0 aliphatic heterocycles. The zero-order valence-electron chi connectivity index (χ0n) is 13.8. The fraction of sp³-hybridized carbons (Fsp3) is 0.438. The lowest BCUT2D eigenvalue weighted by molar-refractivity contribution is -0.143. The molecule has 2 aromatic rings. The molecule has 140 valence electrons. The number of allylic oxidation sites excluding steroid dienone is 2. The monoisotopic (exact) mass is 405 g/mol. The van der Waals surface area contributed by atoms with Crippen LogP contribution in [-0.4, -0.2) is 30.7 Å². The maximum atomic E-state index is 13.3. The molecule has 1 N–H and O–H groups in total. The molecule has 0 bridgehead atoms. The molecule has 26 heavy (non-hydrogen) atoms. The van der Waals surface area contributed by atoms with E-state index in [2.05, 4.69) is 10.1 Å². The van der Waals surface area contributed by atoms with Crippen molar-refractivity contribution in [3.63, 3.8) is 0 Å². The van der Waals surface area contributed by atoms with Crippen LogP contribution >= 0.6 is 22.9 Å². The quantitative estimate of drug-likeness (QED) is 0.592. The van der Waals surface area contributed by atoms with Crippen LogP contribution in [0.1, 0.15) is 47.9 Å². The standard InChI is InChI=1S/C16H15ClF3N3O2S/c1-8-5-15(2,17)4-3-9(8)11-7-26-14(22-11)23-12(16(18,19)20)10(6-21-23)13(24)25/h3-4,6-9H,5H2,1-2H3,(H,24,25). The number of rotatable bonds is 3. The summed E-state index contributed by atoms with van der Waals surface area (Å²) in [6.45, 7) is 3.91. The molecule has 2 aromatic heterocycles. The number of alkyl halides is 4. The lowest BCUT2D eigenvalue weighted by Crippen LogP contribution is -2.25. The molecule has 0 saturated heterocycles. The zero-order chi connectivity index (χ0) is 19.3. The number of halogens is 4. The Kier molecular flexibility index (Phi) is 4.64. The summed E-state index contributed by atoms with van der Waals surface area (Å²) in [6.07, 6.45) is 0.316. The summed E-state index contributed by atoms with van der Waals surface area (Å²) in [5, 5.41) is 14.2. The summed E-state index contributed by atoms with van der Waals surface area (Å²) in [5.41, 5.74) is -1.63. The van der Waals surface area contributed by atoms with Crippen LogP contribution in [-0.2, 0) is 6.18 Å². The van der Waals surface area contributed by atoms with E-state index in [1.165, 1.54) is 0 Å². The first kappa shape index (κ1) is 18.9. The van der Waals surface area contributed by atoms with Gasteiger partial charge in [0.1, 0.15) is 5.56 Å². The maximum Gasteiger partial charge on any atom is 0.434 e. The molecule has 3 atom stereocenters. The predicted molar refractivity (Wildman–Crippen MR) is 91.1 cm³/mol. The van der Waals surface area contributed by atoms with Crippen LogP contribution < -0.4 is 0 Å². The van der Waals surface area contributed by atoms with Crippen molar-refractivity contribution in [3.05, 3.63) is 40.7 Å². The number of carboxylic acid groups (broad SMARTS) is 1. The second-order valence-corrected chi connectivity index (χ2v) is 8.22. The normalized spacial score (nSPS) is 26.2. The third-order valence-electron chi connectivity index (χ3n) is 4.29. The average molecular weight is 406 g/mol. The summed E-state index contributed by atoms with van der Waals surface area (Å²) in [6, 6.07) is 0. The molecule has 1 aliphatic rings. The fourth-order valence-corrected chi connectivity index (χ4v) is 4.31. The van der Waals surface area contributed by atoms with Crippen LogP contribution in [0.15, 0.2) is 23.7 Å². The highest BCUT2D eigenvalue weighted by Crippen LogP contribution is 2.41. The Labute approximate surface area is 156 Å². The molecule has 0 aromatic carbocycles. The summed E-state index contributed by atoms with van der Waals surface area (Å²) in [7, 11) is 0. The summed E-state index contributed by atoms with van der Waals surface area (Å²) < 4.78 is 40.5. The van der Waals surface area contributed by atoms with Gasteiger partial charge in [0.25, 0.3) is 0 Å². The number of aromatic carboxylic acids is 1. The number of thiazole rings is 1. The molecule has 0 fully saturated rings. The Morgan fingerprint density at radius 3 is 2.77 bits per heavy atom. The molecule has 2 heterocycles. The Balaban J connectivity index is 2.01. The number of hydrogen-bond donors (Lipinski definition) is 1. The molecule has 5 nitrogen and oxygen atoms in total. The molecule has 0 spiro atoms. The van der Waals surface area contributed by atoms with E-state index >= 15 is 0 Å². The largest absolute Gasteiger partial charge is 0.478 e. The van der Waals surface area contributed by atoms with E-state index in [0.29, 0.717) is 23.0 Å². The molecule has 0 amide bonds. The second kappa shape index (κ2) is 6.38. The van der Waals surface area contributed by atoms with Gasteiger partial charge in [-0.05, 0) is 19.3 Å². The van der Waals surface area contributed by atoms with Gasteiger partial charge in [-0.25, -0.2) is 14.5 Å². The topological polar surface area (TPSA) is 68.0 Å². The van der Waals surface area contributed by atoms with E-state index in [-0.39, 0.29) is 17.0 Å². The van der Waals surface area contributed by atoms with Gasteiger partial charge in [0.2, 0.25) is 5.13 Å². The van der Waals surface area contributed by atoms with E-state index in [0.717, 1.165) is 11.3 Å². The Morgan fingerprint density at radius 2 is 2.19 bits per heavy atom. The van der Waals surface area contributed by atoms with Gasteiger partial charge in [0.05, 0.1) is 16.8 Å². The van der Waals surface area contributed by atoms with Gasteiger partial charge in [-0.15, -0.1) is 22.9 Å². The van der Waals surface area contributed by atoms with Crippen LogP contribution in [0.5, 0.6) is 0 Å². The smallest absolute Gasteiger partial charge is 0.434 e. The van der Waals surface area contributed by atoms with Gasteiger partial charge in [-0.1, -0.05) is 19.1 Å². The van der Waals surface area contributed by atoms with Crippen LogP contribution in [0, 0.1) is 5.92 Å². The first-order chi connectivity index (χ1) is 12.0. The minimum atomic E-state index is -4.87. The summed E-state index contributed by atoms with van der Waals surface area (Å²) in [5.74, 6) is -1.60. The van der Waals surface area contributed by atoms with Gasteiger partial charge in [-0.3, -0.25) is 0 Å². The minimum Gasteiger partial charge on any atom is -0.478 e. The molecule has 0 radical (unpaired) electrons. The van der Waals surface area contributed by atoms with Crippen LogP contribution in [0.25, 0.3) is 5.13 Å². The third kappa shape index (κ3) is 3.50. The molecule has 0 saturated carbocycles. The highest BCUT2D eigenvalue weighted by molar-refractivity contribution is 7.12. The number of carboxylic acids is 1. The predicted octanol–water partition coefficient (Wildman–Crippen LogP) is 4.72. The van der Waals surface area contributed by atoms with E-state index in [1.54, 1.807) is 5.38 Å². The number of aromatic nitrogens is 3. The molecular weight excluding hydrogens is 391 g/mol. The number of carbonyl (C=O) groups is 1. The van der Waals surface area contributed by atoms with Crippen molar-refractivity contribution in [3.8, 4) is 5.13 Å². The first-order valence-electron chi connectivity index (χ1n) is 7.72. The van der Waals surface area contributed by atoms with Gasteiger partial charge in [0, 0.05) is 11.3 Å². The summed E-state index contributed by atoms with van der Waals surface area (Å²) >= 11 is 7.31. The Morgan fingerprint density at radius 1 is 1.50 bits per heavy atom. The molecule has 3 rings (SSSR count). The number of hydrogen-bond acceptors (Lipinski definition) is 4. The van der Waals surface area contributed by atoms with E-state index in [4.69, 9.17) is 16.7 Å². The van der Waals surface area contributed by atoms with E-state index in [9.17, 15) is 18.0 Å². The van der Waals surface area contributed by atoms with Crippen molar-refractivity contribution < 1.29 is 23.1 Å². The van der Waals surface area contributed by atoms with E-state index in [1.807, 2.05) is 26.0 Å². The van der Waals surface area contributed by atoms with Gasteiger partial charge in [0.15, 0.2) is 5.69 Å². The van der Waals surface area contributed by atoms with Crippen LogP contribution in [0.2, 0.25) is 0 Å². The third-order valence-corrected chi connectivity index (χ3v) is 5.40. The van der Waals surface area contributed by atoms with Gasteiger partial charge < -0.3 is 5.11 Å². The van der Waals surface area contributed by atoms with Crippen molar-refractivity contribution >= 4 is 28.9 Å². The fourth-order valence-electron chi connectivity index (χ4n) is 3.16. The minimum absolute atomic E-state index is 0.0281. The molecular formula is C16H15ClF3N3O2S. The Bertz CT molecular complexity index is 872. The van der Waals surface area contributed by atoms with Crippen molar-refractivity contribution in [1.82, 2.24) is 14.8 Å². The molecule has 10 heteroatoms. The highest BCUT2D eigenvalue weighted by atomic mass is 35.5.